The van der Waals surface area contributed by atoms with Crippen molar-refractivity contribution in [2.75, 3.05) is 26.2 Å². The SMILES string of the molecule is CCNC(=NCCC(O)(c1nccn1C)C(F)(F)F)N1CCC(CC(C)C)C1.I. The summed E-state index contributed by atoms with van der Waals surface area (Å²) in [5.74, 6) is 1.38. The minimum absolute atomic E-state index is 0. The van der Waals surface area contributed by atoms with Crippen LogP contribution in [0, 0.1) is 11.8 Å². The lowest BCUT2D eigenvalue weighted by Crippen LogP contribution is -2.45. The lowest BCUT2D eigenvalue weighted by Gasteiger charge is -2.29. The van der Waals surface area contributed by atoms with Crippen LogP contribution in [0.25, 0.3) is 0 Å². The number of aryl methyl sites for hydroxylation is 1. The van der Waals surface area contributed by atoms with Crippen molar-refractivity contribution >= 4 is 29.9 Å². The second-order valence-corrected chi connectivity index (χ2v) is 7.94. The number of alkyl halides is 3. The minimum atomic E-state index is -4.84. The van der Waals surface area contributed by atoms with Crippen LogP contribution in [0.2, 0.25) is 0 Å². The third kappa shape index (κ3) is 6.47. The molecule has 0 spiro atoms. The van der Waals surface area contributed by atoms with Gasteiger partial charge < -0.3 is 19.9 Å². The summed E-state index contributed by atoms with van der Waals surface area (Å²) in [6.07, 6.45) is -0.600. The van der Waals surface area contributed by atoms with Gasteiger partial charge in [0, 0.05) is 52.0 Å². The molecule has 1 aliphatic rings. The Balaban J connectivity index is 0.00000420. The van der Waals surface area contributed by atoms with E-state index >= 15 is 0 Å². The first-order valence-corrected chi connectivity index (χ1v) is 9.88. The molecule has 2 heterocycles. The molecule has 10 heteroatoms. The predicted molar refractivity (Wildman–Crippen MR) is 118 cm³/mol. The largest absolute Gasteiger partial charge is 0.424 e. The van der Waals surface area contributed by atoms with Gasteiger partial charge in [0.1, 0.15) is 5.82 Å². The minimum Gasteiger partial charge on any atom is -0.374 e. The molecule has 0 saturated carbocycles. The van der Waals surface area contributed by atoms with E-state index in [9.17, 15) is 18.3 Å². The van der Waals surface area contributed by atoms with E-state index in [4.69, 9.17) is 0 Å². The van der Waals surface area contributed by atoms with Crippen LogP contribution in [0.15, 0.2) is 17.4 Å². The summed E-state index contributed by atoms with van der Waals surface area (Å²) >= 11 is 0. The Bertz CT molecular complexity index is 665. The fourth-order valence-corrected chi connectivity index (χ4v) is 3.78. The molecule has 2 N–H and O–H groups in total. The lowest BCUT2D eigenvalue weighted by atomic mass is 9.97. The molecule has 2 atom stereocenters. The van der Waals surface area contributed by atoms with Gasteiger partial charge in [-0.1, -0.05) is 13.8 Å². The van der Waals surface area contributed by atoms with Crippen molar-refractivity contribution in [2.24, 2.45) is 23.9 Å². The van der Waals surface area contributed by atoms with E-state index in [1.165, 1.54) is 24.0 Å². The van der Waals surface area contributed by atoms with Crippen LogP contribution in [0.5, 0.6) is 0 Å². The van der Waals surface area contributed by atoms with E-state index in [1.54, 1.807) is 0 Å². The molecule has 168 valence electrons. The second kappa shape index (κ2) is 10.8. The standard InChI is InChI=1S/C19H32F3N5O.HI/c1-5-23-17(27-10-6-15(13-27)12-14(2)3)25-8-7-18(28,19(20,21)22)16-24-9-11-26(16)4;/h9,11,14-15,28H,5-8,10,12-13H2,1-4H3,(H,23,25);1H. The highest BCUT2D eigenvalue weighted by molar-refractivity contribution is 14.0. The highest BCUT2D eigenvalue weighted by Gasteiger charge is 2.57. The average molecular weight is 531 g/mol. The zero-order valence-corrected chi connectivity index (χ0v) is 19.9. The Hall–Kier alpha value is -1.04. The molecule has 0 amide bonds. The van der Waals surface area contributed by atoms with E-state index in [-0.39, 0.29) is 30.5 Å². The van der Waals surface area contributed by atoms with Crippen molar-refractivity contribution in [3.8, 4) is 0 Å². The third-order valence-electron chi connectivity index (χ3n) is 5.12. The number of imidazole rings is 1. The summed E-state index contributed by atoms with van der Waals surface area (Å²) < 4.78 is 42.0. The van der Waals surface area contributed by atoms with Gasteiger partial charge in [-0.3, -0.25) is 4.99 Å². The predicted octanol–water partition coefficient (Wildman–Crippen LogP) is 3.51. The second-order valence-electron chi connectivity index (χ2n) is 7.94. The van der Waals surface area contributed by atoms with Gasteiger partial charge in [-0.25, -0.2) is 4.98 Å². The lowest BCUT2D eigenvalue weighted by molar-refractivity contribution is -0.272. The molecule has 29 heavy (non-hydrogen) atoms. The molecular weight excluding hydrogens is 498 g/mol. The molecule has 1 saturated heterocycles. The van der Waals surface area contributed by atoms with Crippen molar-refractivity contribution in [2.45, 2.75) is 51.8 Å². The maximum absolute atomic E-state index is 13.6. The Labute approximate surface area is 188 Å². The van der Waals surface area contributed by atoms with Gasteiger partial charge in [-0.2, -0.15) is 13.2 Å². The number of hydrogen-bond acceptors (Lipinski definition) is 3. The fourth-order valence-electron chi connectivity index (χ4n) is 3.78. The number of aromatic nitrogens is 2. The highest BCUT2D eigenvalue weighted by atomic mass is 127. The first-order chi connectivity index (χ1) is 13.1. The van der Waals surface area contributed by atoms with Gasteiger partial charge in [0.2, 0.25) is 5.60 Å². The summed E-state index contributed by atoms with van der Waals surface area (Å²) in [4.78, 5) is 10.2. The first kappa shape index (κ1) is 26.0. The van der Waals surface area contributed by atoms with E-state index in [1.807, 2.05) is 6.92 Å². The van der Waals surface area contributed by atoms with Crippen LogP contribution >= 0.6 is 24.0 Å². The molecule has 0 bridgehead atoms. The summed E-state index contributed by atoms with van der Waals surface area (Å²) in [5.41, 5.74) is -3.03. The van der Waals surface area contributed by atoms with Gasteiger partial charge >= 0.3 is 6.18 Å². The number of hydrogen-bond donors (Lipinski definition) is 2. The average Bonchev–Trinajstić information content (AvgIpc) is 3.21. The van der Waals surface area contributed by atoms with Crippen LogP contribution in [0.4, 0.5) is 13.2 Å². The van der Waals surface area contributed by atoms with Gasteiger partial charge in [0.25, 0.3) is 0 Å². The maximum atomic E-state index is 13.6. The number of rotatable bonds is 7. The summed E-state index contributed by atoms with van der Waals surface area (Å²) in [5, 5.41) is 13.6. The van der Waals surface area contributed by atoms with E-state index in [2.05, 4.69) is 34.0 Å². The van der Waals surface area contributed by atoms with Crippen LogP contribution in [-0.2, 0) is 12.6 Å². The molecule has 0 aromatic carbocycles. The molecule has 2 unspecified atom stereocenters. The van der Waals surface area contributed by atoms with Crippen molar-refractivity contribution in [3.63, 3.8) is 0 Å². The molecule has 0 aliphatic carbocycles. The quantitative estimate of drug-likeness (QED) is 0.321. The normalized spacial score (nSPS) is 20.0. The van der Waals surface area contributed by atoms with Crippen molar-refractivity contribution in [3.05, 3.63) is 18.2 Å². The molecule has 1 aliphatic heterocycles. The Kier molecular flexibility index (Phi) is 9.71. The third-order valence-corrected chi connectivity index (χ3v) is 5.12. The zero-order valence-electron chi connectivity index (χ0n) is 17.5. The molecular formula is C19H33F3IN5O. The van der Waals surface area contributed by atoms with E-state index < -0.39 is 24.0 Å². The number of nitrogens with one attached hydrogen (secondary N) is 1. The first-order valence-electron chi connectivity index (χ1n) is 9.88. The van der Waals surface area contributed by atoms with Crippen molar-refractivity contribution in [1.82, 2.24) is 19.8 Å². The van der Waals surface area contributed by atoms with Crippen LogP contribution in [0.3, 0.4) is 0 Å². The smallest absolute Gasteiger partial charge is 0.374 e. The number of nitrogens with zero attached hydrogens (tertiary/aromatic N) is 4. The van der Waals surface area contributed by atoms with E-state index in [0.29, 0.717) is 24.3 Å². The van der Waals surface area contributed by atoms with Gasteiger partial charge in [0.05, 0.1) is 0 Å². The molecule has 1 aromatic rings. The number of aliphatic imine (C=N–C) groups is 1. The number of likely N-dealkylation sites (tertiary alicyclic amines) is 1. The Morgan fingerprint density at radius 3 is 2.62 bits per heavy atom. The maximum Gasteiger partial charge on any atom is 0.424 e. The highest BCUT2D eigenvalue weighted by Crippen LogP contribution is 2.40. The van der Waals surface area contributed by atoms with E-state index in [0.717, 1.165) is 25.9 Å². The van der Waals surface area contributed by atoms with Crippen molar-refractivity contribution in [1.29, 1.82) is 0 Å². The van der Waals surface area contributed by atoms with Crippen LogP contribution in [0.1, 0.15) is 45.9 Å². The van der Waals surface area contributed by atoms with Crippen molar-refractivity contribution < 1.29 is 18.3 Å². The molecule has 1 aromatic heterocycles. The number of aliphatic hydroxyl groups is 1. The Morgan fingerprint density at radius 1 is 1.41 bits per heavy atom. The van der Waals surface area contributed by atoms with Crippen LogP contribution < -0.4 is 5.32 Å². The molecule has 6 nitrogen and oxygen atoms in total. The Morgan fingerprint density at radius 2 is 2.10 bits per heavy atom. The monoisotopic (exact) mass is 531 g/mol. The summed E-state index contributed by atoms with van der Waals surface area (Å²) in [7, 11) is 1.44. The van der Waals surface area contributed by atoms with Gasteiger partial charge in [-0.05, 0) is 31.6 Å². The zero-order chi connectivity index (χ0) is 20.9. The van der Waals surface area contributed by atoms with Gasteiger partial charge in [-0.15, -0.1) is 24.0 Å². The fraction of sp³-hybridized carbons (Fsp3) is 0.789. The topological polar surface area (TPSA) is 65.7 Å². The van der Waals surface area contributed by atoms with Gasteiger partial charge in [0.15, 0.2) is 5.96 Å². The number of guanidine groups is 1. The molecule has 2 rings (SSSR count). The molecule has 1 fully saturated rings. The summed E-state index contributed by atoms with van der Waals surface area (Å²) in [6, 6.07) is 0. The summed E-state index contributed by atoms with van der Waals surface area (Å²) in [6.45, 7) is 8.48. The molecule has 0 radical (unpaired) electrons. The number of halogens is 4. The van der Waals surface area contributed by atoms with Crippen LogP contribution in [-0.4, -0.2) is 57.9 Å².